The number of anilines is 1. The van der Waals surface area contributed by atoms with E-state index in [1.807, 2.05) is 12.1 Å². The van der Waals surface area contributed by atoms with Crippen LogP contribution in [0.1, 0.15) is 19.3 Å². The zero-order chi connectivity index (χ0) is 10.5. The van der Waals surface area contributed by atoms with E-state index in [9.17, 15) is 4.79 Å². The fraction of sp³-hybridized carbons (Fsp3) is 0.455. The molecule has 1 unspecified atom stereocenters. The monoisotopic (exact) mass is 277 g/mol. The first-order valence-electron chi connectivity index (χ1n) is 5.28. The van der Waals surface area contributed by atoms with E-state index in [1.165, 1.54) is 6.42 Å². The molecular weight excluding hydrogens is 261 g/mol. The highest BCUT2D eigenvalue weighted by Crippen LogP contribution is 2.10. The highest BCUT2D eigenvalue weighted by molar-refractivity contribution is 5.90. The molecule has 1 aromatic heterocycles. The number of amides is 1. The van der Waals surface area contributed by atoms with E-state index in [1.54, 1.807) is 12.4 Å². The highest BCUT2D eigenvalue weighted by atomic mass is 35.5. The van der Waals surface area contributed by atoms with Gasteiger partial charge in [-0.2, -0.15) is 0 Å². The molecule has 1 fully saturated rings. The summed E-state index contributed by atoms with van der Waals surface area (Å²) in [5, 5.41) is 6.12. The molecule has 0 bridgehead atoms. The fourth-order valence-corrected chi connectivity index (χ4v) is 1.80. The molecule has 1 aliphatic heterocycles. The van der Waals surface area contributed by atoms with Gasteiger partial charge in [-0.05, 0) is 31.5 Å². The second-order valence-corrected chi connectivity index (χ2v) is 3.79. The maximum Gasteiger partial charge on any atom is 0.225 e. The van der Waals surface area contributed by atoms with Crippen molar-refractivity contribution in [2.24, 2.45) is 0 Å². The maximum absolute atomic E-state index is 11.6. The quantitative estimate of drug-likeness (QED) is 0.889. The number of nitrogens with one attached hydrogen (secondary N) is 2. The van der Waals surface area contributed by atoms with Gasteiger partial charge in [-0.3, -0.25) is 9.78 Å². The lowest BCUT2D eigenvalue weighted by Gasteiger charge is -2.09. The molecule has 2 N–H and O–H groups in total. The zero-order valence-corrected chi connectivity index (χ0v) is 11.0. The zero-order valence-electron chi connectivity index (χ0n) is 9.39. The lowest BCUT2D eigenvalue weighted by atomic mass is 10.1. The number of rotatable bonds is 3. The first-order chi connectivity index (χ1) is 7.34. The average Bonchev–Trinajstić information content (AvgIpc) is 2.71. The van der Waals surface area contributed by atoms with Gasteiger partial charge in [-0.15, -0.1) is 24.8 Å². The summed E-state index contributed by atoms with van der Waals surface area (Å²) in [5.41, 5.74) is 0.764. The van der Waals surface area contributed by atoms with Gasteiger partial charge in [0.15, 0.2) is 0 Å². The van der Waals surface area contributed by atoms with Crippen LogP contribution >= 0.6 is 24.8 Å². The molecule has 1 aromatic rings. The minimum Gasteiger partial charge on any atom is -0.325 e. The summed E-state index contributed by atoms with van der Waals surface area (Å²) in [7, 11) is 0. The van der Waals surface area contributed by atoms with Crippen LogP contribution in [0.5, 0.6) is 0 Å². The van der Waals surface area contributed by atoms with Gasteiger partial charge in [0, 0.05) is 18.7 Å². The summed E-state index contributed by atoms with van der Waals surface area (Å²) in [5.74, 6) is 0.0578. The van der Waals surface area contributed by atoms with Crippen LogP contribution in [0.15, 0.2) is 24.5 Å². The molecule has 1 aliphatic rings. The van der Waals surface area contributed by atoms with Crippen LogP contribution in [0.3, 0.4) is 0 Å². The van der Waals surface area contributed by atoms with Gasteiger partial charge in [0.25, 0.3) is 0 Å². The van der Waals surface area contributed by atoms with Gasteiger partial charge in [0.2, 0.25) is 5.91 Å². The van der Waals surface area contributed by atoms with Crippen molar-refractivity contribution in [3.05, 3.63) is 24.5 Å². The van der Waals surface area contributed by atoms with Crippen LogP contribution in [-0.2, 0) is 4.79 Å². The third kappa shape index (κ3) is 5.35. The Balaban J connectivity index is 0.00000128. The molecule has 0 aromatic carbocycles. The van der Waals surface area contributed by atoms with E-state index in [2.05, 4.69) is 15.6 Å². The standard InChI is InChI=1S/C11H15N3O.2ClH/c15-11(7-9-3-2-6-13-9)14-10-4-1-5-12-8-10;;/h1,4-5,8-9,13H,2-3,6-7H2,(H,14,15);2*1H. The molecular formula is C11H17Cl2N3O. The summed E-state index contributed by atoms with van der Waals surface area (Å²) in [6.07, 6.45) is 6.16. The van der Waals surface area contributed by atoms with Gasteiger partial charge >= 0.3 is 0 Å². The lowest BCUT2D eigenvalue weighted by Crippen LogP contribution is -2.27. The average molecular weight is 278 g/mol. The first kappa shape index (κ1) is 16.2. The molecule has 1 saturated heterocycles. The molecule has 17 heavy (non-hydrogen) atoms. The topological polar surface area (TPSA) is 54.0 Å². The van der Waals surface area contributed by atoms with Crippen LogP contribution in [-0.4, -0.2) is 23.5 Å². The third-order valence-electron chi connectivity index (χ3n) is 2.54. The summed E-state index contributed by atoms with van der Waals surface area (Å²) >= 11 is 0. The number of halogens is 2. The summed E-state index contributed by atoms with van der Waals surface area (Å²) in [6, 6.07) is 4.00. The smallest absolute Gasteiger partial charge is 0.225 e. The predicted molar refractivity (Wildman–Crippen MR) is 73.0 cm³/mol. The molecule has 0 spiro atoms. The Hall–Kier alpha value is -0.840. The molecule has 6 heteroatoms. The van der Waals surface area contributed by atoms with Crippen molar-refractivity contribution in [3.63, 3.8) is 0 Å². The van der Waals surface area contributed by atoms with Crippen molar-refractivity contribution >= 4 is 36.4 Å². The Morgan fingerprint density at radius 1 is 1.53 bits per heavy atom. The SMILES string of the molecule is Cl.Cl.O=C(CC1CCCN1)Nc1cccnc1. The molecule has 1 atom stereocenters. The number of pyridine rings is 1. The number of carbonyl (C=O) groups is 1. The minimum absolute atomic E-state index is 0. The Labute approximate surface area is 113 Å². The number of hydrogen-bond acceptors (Lipinski definition) is 3. The summed E-state index contributed by atoms with van der Waals surface area (Å²) in [6.45, 7) is 1.03. The van der Waals surface area contributed by atoms with Crippen LogP contribution in [0.4, 0.5) is 5.69 Å². The van der Waals surface area contributed by atoms with Crippen molar-refractivity contribution < 1.29 is 4.79 Å². The number of aromatic nitrogens is 1. The Morgan fingerprint density at radius 3 is 2.94 bits per heavy atom. The van der Waals surface area contributed by atoms with Crippen molar-refractivity contribution in [2.75, 3.05) is 11.9 Å². The second kappa shape index (κ2) is 8.28. The molecule has 2 rings (SSSR count). The molecule has 0 radical (unpaired) electrons. The lowest BCUT2D eigenvalue weighted by molar-refractivity contribution is -0.116. The Kier molecular flexibility index (Phi) is 7.87. The number of hydrogen-bond donors (Lipinski definition) is 2. The van der Waals surface area contributed by atoms with Gasteiger partial charge in [-0.1, -0.05) is 0 Å². The van der Waals surface area contributed by atoms with Crippen LogP contribution in [0, 0.1) is 0 Å². The van der Waals surface area contributed by atoms with E-state index in [0.29, 0.717) is 12.5 Å². The van der Waals surface area contributed by atoms with E-state index in [4.69, 9.17) is 0 Å². The largest absolute Gasteiger partial charge is 0.325 e. The molecule has 0 saturated carbocycles. The number of carbonyl (C=O) groups excluding carboxylic acids is 1. The minimum atomic E-state index is 0. The molecule has 0 aliphatic carbocycles. The first-order valence-corrected chi connectivity index (χ1v) is 5.28. The normalized spacial score (nSPS) is 17.8. The van der Waals surface area contributed by atoms with E-state index in [-0.39, 0.29) is 30.7 Å². The predicted octanol–water partition coefficient (Wildman–Crippen LogP) is 2.01. The molecule has 2 heterocycles. The maximum atomic E-state index is 11.6. The Bertz CT molecular complexity index is 329. The Morgan fingerprint density at radius 2 is 2.35 bits per heavy atom. The molecule has 96 valence electrons. The fourth-order valence-electron chi connectivity index (χ4n) is 1.80. The van der Waals surface area contributed by atoms with E-state index >= 15 is 0 Å². The van der Waals surface area contributed by atoms with E-state index < -0.39 is 0 Å². The van der Waals surface area contributed by atoms with Crippen molar-refractivity contribution in [2.45, 2.75) is 25.3 Å². The van der Waals surface area contributed by atoms with Crippen molar-refractivity contribution in [1.29, 1.82) is 0 Å². The summed E-state index contributed by atoms with van der Waals surface area (Å²) < 4.78 is 0. The van der Waals surface area contributed by atoms with Crippen molar-refractivity contribution in [3.8, 4) is 0 Å². The van der Waals surface area contributed by atoms with E-state index in [0.717, 1.165) is 18.7 Å². The van der Waals surface area contributed by atoms with Gasteiger partial charge in [0.1, 0.15) is 0 Å². The van der Waals surface area contributed by atoms with Crippen LogP contribution in [0.25, 0.3) is 0 Å². The molecule has 4 nitrogen and oxygen atoms in total. The second-order valence-electron chi connectivity index (χ2n) is 3.79. The third-order valence-corrected chi connectivity index (χ3v) is 2.54. The number of nitrogens with zero attached hydrogens (tertiary/aromatic N) is 1. The molecule has 1 amide bonds. The van der Waals surface area contributed by atoms with Gasteiger partial charge < -0.3 is 10.6 Å². The van der Waals surface area contributed by atoms with Crippen LogP contribution < -0.4 is 10.6 Å². The van der Waals surface area contributed by atoms with Crippen LogP contribution in [0.2, 0.25) is 0 Å². The summed E-state index contributed by atoms with van der Waals surface area (Å²) in [4.78, 5) is 15.5. The van der Waals surface area contributed by atoms with Gasteiger partial charge in [0.05, 0.1) is 11.9 Å². The highest BCUT2D eigenvalue weighted by Gasteiger charge is 2.17. The van der Waals surface area contributed by atoms with Crippen molar-refractivity contribution in [1.82, 2.24) is 10.3 Å². The van der Waals surface area contributed by atoms with Gasteiger partial charge in [-0.25, -0.2) is 0 Å².